The fourth-order valence-corrected chi connectivity index (χ4v) is 2.37. The van der Waals surface area contributed by atoms with Crippen LogP contribution >= 0.6 is 34.8 Å². The molecule has 0 fully saturated rings. The molecule has 0 bridgehead atoms. The Labute approximate surface area is 113 Å². The fraction of sp³-hybridized carbons (Fsp3) is 0.0769. The van der Waals surface area contributed by atoms with E-state index < -0.39 is 0 Å². The van der Waals surface area contributed by atoms with Gasteiger partial charge in [0.25, 0.3) is 0 Å². The number of aryl methyl sites for hydroxylation is 1. The van der Waals surface area contributed by atoms with Gasteiger partial charge in [0.15, 0.2) is 0 Å². The highest BCUT2D eigenvalue weighted by molar-refractivity contribution is 6.43. The Morgan fingerprint density at radius 2 is 1.29 bits per heavy atom. The Morgan fingerprint density at radius 3 is 2.00 bits per heavy atom. The number of benzene rings is 2. The molecule has 0 saturated heterocycles. The Balaban J connectivity index is 2.51. The van der Waals surface area contributed by atoms with Gasteiger partial charge in [-0.05, 0) is 24.6 Å². The summed E-state index contributed by atoms with van der Waals surface area (Å²) in [5.74, 6) is 0. The number of halogens is 3. The van der Waals surface area contributed by atoms with Crippen molar-refractivity contribution in [3.63, 3.8) is 0 Å². The third kappa shape index (κ3) is 1.70. The Hall–Kier alpha value is -0.890. The third-order valence-corrected chi connectivity index (χ3v) is 3.92. The Morgan fingerprint density at radius 1 is 0.765 bits per heavy atom. The van der Waals surface area contributed by atoms with Crippen LogP contribution < -0.4 is 0 Å². The lowest BCUT2D eigenvalue weighted by molar-refractivity contribution is 0.669. The van der Waals surface area contributed by atoms with Crippen molar-refractivity contribution in [2.75, 3.05) is 0 Å². The lowest BCUT2D eigenvalue weighted by Gasteiger charge is -1.97. The molecule has 0 aliphatic rings. The van der Waals surface area contributed by atoms with Gasteiger partial charge in [0.05, 0.1) is 10.0 Å². The maximum absolute atomic E-state index is 6.07. The largest absolute Gasteiger partial charge is 0.456 e. The maximum atomic E-state index is 6.07. The molecule has 1 nitrogen and oxygen atoms in total. The predicted molar refractivity (Wildman–Crippen MR) is 73.5 cm³/mol. The summed E-state index contributed by atoms with van der Waals surface area (Å²) < 4.78 is 5.70. The van der Waals surface area contributed by atoms with Crippen LogP contribution in [0.3, 0.4) is 0 Å². The first kappa shape index (κ1) is 11.2. The van der Waals surface area contributed by atoms with Crippen LogP contribution in [0, 0.1) is 6.92 Å². The highest BCUT2D eigenvalue weighted by atomic mass is 35.5. The summed E-state index contributed by atoms with van der Waals surface area (Å²) in [7, 11) is 0. The number of fused-ring (bicyclic) bond motifs is 3. The van der Waals surface area contributed by atoms with Crippen molar-refractivity contribution < 1.29 is 4.42 Å². The molecule has 86 valence electrons. The van der Waals surface area contributed by atoms with Crippen LogP contribution in [0.15, 0.2) is 28.7 Å². The van der Waals surface area contributed by atoms with E-state index in [1.807, 2.05) is 25.1 Å². The highest BCUT2D eigenvalue weighted by Crippen LogP contribution is 2.36. The summed E-state index contributed by atoms with van der Waals surface area (Å²) in [6.45, 7) is 1.96. The Bertz CT molecular complexity index is 681. The first-order valence-electron chi connectivity index (χ1n) is 5.03. The molecular formula is C13H7Cl3O. The second-order valence-electron chi connectivity index (χ2n) is 3.96. The number of hydrogen-bond acceptors (Lipinski definition) is 1. The van der Waals surface area contributed by atoms with Crippen LogP contribution in [0.25, 0.3) is 21.9 Å². The van der Waals surface area contributed by atoms with Crippen molar-refractivity contribution >= 4 is 56.7 Å². The minimum Gasteiger partial charge on any atom is -0.456 e. The average molecular weight is 286 g/mol. The zero-order chi connectivity index (χ0) is 12.2. The number of rotatable bonds is 0. The van der Waals surface area contributed by atoms with E-state index in [0.717, 1.165) is 27.5 Å². The summed E-state index contributed by atoms with van der Waals surface area (Å²) >= 11 is 18.0. The van der Waals surface area contributed by atoms with Gasteiger partial charge in [-0.25, -0.2) is 0 Å². The van der Waals surface area contributed by atoms with E-state index in [1.165, 1.54) is 0 Å². The van der Waals surface area contributed by atoms with Crippen LogP contribution in [0.5, 0.6) is 0 Å². The molecule has 1 aromatic heterocycles. The van der Waals surface area contributed by atoms with Crippen molar-refractivity contribution in [3.8, 4) is 0 Å². The molecule has 0 spiro atoms. The van der Waals surface area contributed by atoms with Gasteiger partial charge >= 0.3 is 0 Å². The lowest BCUT2D eigenvalue weighted by atomic mass is 10.1. The molecule has 0 radical (unpaired) electrons. The summed E-state index contributed by atoms with van der Waals surface area (Å²) in [6.07, 6.45) is 0. The molecule has 0 aliphatic carbocycles. The predicted octanol–water partition coefficient (Wildman–Crippen LogP) is 5.85. The van der Waals surface area contributed by atoms with Gasteiger partial charge in [-0.2, -0.15) is 0 Å². The van der Waals surface area contributed by atoms with Gasteiger partial charge in [0.2, 0.25) is 0 Å². The lowest BCUT2D eigenvalue weighted by Crippen LogP contribution is -1.74. The smallest absolute Gasteiger partial charge is 0.137 e. The van der Waals surface area contributed by atoms with Gasteiger partial charge in [0.1, 0.15) is 11.2 Å². The number of furan rings is 1. The van der Waals surface area contributed by atoms with E-state index in [-0.39, 0.29) is 0 Å². The summed E-state index contributed by atoms with van der Waals surface area (Å²) in [4.78, 5) is 0. The van der Waals surface area contributed by atoms with E-state index >= 15 is 0 Å². The second-order valence-corrected chi connectivity index (χ2v) is 5.18. The second kappa shape index (κ2) is 3.81. The normalized spacial score (nSPS) is 11.5. The molecule has 0 N–H and O–H groups in total. The van der Waals surface area contributed by atoms with Gasteiger partial charge < -0.3 is 4.42 Å². The maximum Gasteiger partial charge on any atom is 0.137 e. The fourth-order valence-electron chi connectivity index (χ4n) is 1.90. The zero-order valence-corrected chi connectivity index (χ0v) is 11.1. The summed E-state index contributed by atoms with van der Waals surface area (Å²) in [5.41, 5.74) is 2.47. The standard InChI is InChI=1S/C13H7Cl3O/c1-6-2-7-8-3-10(15)11(16)5-13(8)17-12(7)4-9(6)14/h2-5H,1H3. The summed E-state index contributed by atoms with van der Waals surface area (Å²) in [5, 5.41) is 3.65. The molecule has 17 heavy (non-hydrogen) atoms. The van der Waals surface area contributed by atoms with E-state index in [0.29, 0.717) is 15.1 Å². The van der Waals surface area contributed by atoms with Gasteiger partial charge in [-0.15, -0.1) is 0 Å². The molecule has 2 aromatic carbocycles. The molecular weight excluding hydrogens is 279 g/mol. The highest BCUT2D eigenvalue weighted by Gasteiger charge is 2.11. The first-order chi connectivity index (χ1) is 8.06. The van der Waals surface area contributed by atoms with Crippen LogP contribution in [-0.2, 0) is 0 Å². The van der Waals surface area contributed by atoms with Crippen LogP contribution in [0.2, 0.25) is 15.1 Å². The minimum absolute atomic E-state index is 0.487. The van der Waals surface area contributed by atoms with Crippen LogP contribution in [0.4, 0.5) is 0 Å². The first-order valence-corrected chi connectivity index (χ1v) is 6.17. The van der Waals surface area contributed by atoms with E-state index in [9.17, 15) is 0 Å². The van der Waals surface area contributed by atoms with Crippen molar-refractivity contribution in [1.29, 1.82) is 0 Å². The minimum atomic E-state index is 0.487. The number of hydrogen-bond donors (Lipinski definition) is 0. The van der Waals surface area contributed by atoms with Crippen molar-refractivity contribution in [2.45, 2.75) is 6.92 Å². The summed E-state index contributed by atoms with van der Waals surface area (Å²) in [6, 6.07) is 7.35. The van der Waals surface area contributed by atoms with Gasteiger partial charge in [-0.3, -0.25) is 0 Å². The molecule has 3 aromatic rings. The molecule has 0 atom stereocenters. The average Bonchev–Trinajstić information content (AvgIpc) is 2.58. The van der Waals surface area contributed by atoms with Crippen molar-refractivity contribution in [3.05, 3.63) is 44.9 Å². The van der Waals surface area contributed by atoms with E-state index in [4.69, 9.17) is 39.2 Å². The Kier molecular flexibility index (Phi) is 2.51. The molecule has 0 saturated carbocycles. The van der Waals surface area contributed by atoms with E-state index in [1.54, 1.807) is 6.07 Å². The van der Waals surface area contributed by atoms with E-state index in [2.05, 4.69) is 0 Å². The SMILES string of the molecule is Cc1cc2c(cc1Cl)oc1cc(Cl)c(Cl)cc12. The molecule has 1 heterocycles. The molecule has 0 unspecified atom stereocenters. The topological polar surface area (TPSA) is 13.1 Å². The molecule has 0 amide bonds. The van der Waals surface area contributed by atoms with Gasteiger partial charge in [0, 0.05) is 27.9 Å². The van der Waals surface area contributed by atoms with Crippen LogP contribution in [-0.4, -0.2) is 0 Å². The molecule has 0 aliphatic heterocycles. The molecule has 4 heteroatoms. The van der Waals surface area contributed by atoms with Crippen molar-refractivity contribution in [1.82, 2.24) is 0 Å². The molecule has 3 rings (SSSR count). The van der Waals surface area contributed by atoms with Crippen LogP contribution in [0.1, 0.15) is 5.56 Å². The monoisotopic (exact) mass is 284 g/mol. The zero-order valence-electron chi connectivity index (χ0n) is 8.85. The quantitative estimate of drug-likeness (QED) is 0.504. The van der Waals surface area contributed by atoms with Gasteiger partial charge in [-0.1, -0.05) is 34.8 Å². The third-order valence-electron chi connectivity index (χ3n) is 2.79. The van der Waals surface area contributed by atoms with Crippen molar-refractivity contribution in [2.24, 2.45) is 0 Å².